The summed E-state index contributed by atoms with van der Waals surface area (Å²) in [6.07, 6.45) is 0.648. The van der Waals surface area contributed by atoms with Crippen LogP contribution in [0.5, 0.6) is 11.5 Å². The Morgan fingerprint density at radius 2 is 1.70 bits per heavy atom. The van der Waals surface area contributed by atoms with Crippen LogP contribution in [0.15, 0.2) is 71.6 Å². The first-order valence-electron chi connectivity index (χ1n) is 15.2. The molecule has 0 radical (unpaired) electrons. The van der Waals surface area contributed by atoms with E-state index in [0.29, 0.717) is 27.8 Å². The molecule has 3 N–H and O–H groups in total. The summed E-state index contributed by atoms with van der Waals surface area (Å²) in [7, 11) is -1.05. The Morgan fingerprint density at radius 3 is 2.38 bits per heavy atom. The van der Waals surface area contributed by atoms with E-state index < -0.39 is 15.9 Å². The Bertz CT molecular complexity index is 1840. The van der Waals surface area contributed by atoms with Crippen molar-refractivity contribution in [1.29, 1.82) is 0 Å². The number of ether oxygens (including phenoxy) is 2. The lowest BCUT2D eigenvalue weighted by Crippen LogP contribution is -2.37. The van der Waals surface area contributed by atoms with Crippen molar-refractivity contribution in [2.45, 2.75) is 44.6 Å². The fourth-order valence-corrected chi connectivity index (χ4v) is 6.44. The van der Waals surface area contributed by atoms with E-state index in [-0.39, 0.29) is 42.9 Å². The van der Waals surface area contributed by atoms with E-state index in [1.165, 1.54) is 30.7 Å². The molecule has 1 atom stereocenters. The summed E-state index contributed by atoms with van der Waals surface area (Å²) in [5, 5.41) is 10.4. The van der Waals surface area contributed by atoms with Gasteiger partial charge >= 0.3 is 0 Å². The molecule has 11 nitrogen and oxygen atoms in total. The Morgan fingerprint density at radius 1 is 0.957 bits per heavy atom. The van der Waals surface area contributed by atoms with Crippen molar-refractivity contribution < 1.29 is 27.5 Å². The Balaban J connectivity index is 1.50. The molecular formula is C34H40ClN5O6S. The highest BCUT2D eigenvalue weighted by Crippen LogP contribution is 2.28. The zero-order chi connectivity index (χ0) is 34.1. The van der Waals surface area contributed by atoms with E-state index in [1.807, 2.05) is 32.9 Å². The third-order valence-electron chi connectivity index (χ3n) is 7.59. The second kappa shape index (κ2) is 15.9. The monoisotopic (exact) mass is 681 g/mol. The predicted octanol–water partition coefficient (Wildman–Crippen LogP) is 5.87. The summed E-state index contributed by atoms with van der Waals surface area (Å²) >= 11 is 6.24. The molecule has 0 aliphatic carbocycles. The van der Waals surface area contributed by atoms with Crippen molar-refractivity contribution in [3.05, 3.63) is 83.0 Å². The van der Waals surface area contributed by atoms with E-state index >= 15 is 0 Å². The largest absolute Gasteiger partial charge is 0.497 e. The van der Waals surface area contributed by atoms with Crippen LogP contribution in [0.2, 0.25) is 5.02 Å². The molecule has 1 aromatic heterocycles. The van der Waals surface area contributed by atoms with Gasteiger partial charge in [0.25, 0.3) is 5.91 Å². The minimum Gasteiger partial charge on any atom is -0.497 e. The van der Waals surface area contributed by atoms with Gasteiger partial charge in [-0.2, -0.15) is 4.31 Å². The van der Waals surface area contributed by atoms with Gasteiger partial charge in [-0.3, -0.25) is 14.6 Å². The van der Waals surface area contributed by atoms with Crippen LogP contribution in [0.1, 0.15) is 42.7 Å². The number of hydrogen-bond donors (Lipinski definition) is 3. The number of carbonyl (C=O) groups excluding carboxylic acids is 2. The average Bonchev–Trinajstić information content (AvgIpc) is 3.06. The lowest BCUT2D eigenvalue weighted by Gasteiger charge is -2.23. The summed E-state index contributed by atoms with van der Waals surface area (Å²) in [4.78, 5) is 30.3. The first-order valence-corrected chi connectivity index (χ1v) is 17.0. The average molecular weight is 682 g/mol. The lowest BCUT2D eigenvalue weighted by atomic mass is 10.1. The number of rotatable bonds is 15. The first kappa shape index (κ1) is 35.5. The maximum Gasteiger partial charge on any atom is 0.251 e. The van der Waals surface area contributed by atoms with Crippen LogP contribution in [-0.4, -0.2) is 69.4 Å². The molecule has 3 aromatic carbocycles. The van der Waals surface area contributed by atoms with Crippen molar-refractivity contribution in [3.8, 4) is 11.5 Å². The SMILES string of the molecule is CCC(C)NC(=O)c1ccc(NC(=O)CCN(CCNc2cc(C)nc3ccc(Cl)cc23)S(=O)(=O)c2ccc(OC)cc2)c(OC)c1. The number of nitrogens with one attached hydrogen (secondary N) is 3. The summed E-state index contributed by atoms with van der Waals surface area (Å²) in [6.45, 7) is 5.98. The van der Waals surface area contributed by atoms with Gasteiger partial charge in [-0.25, -0.2) is 8.42 Å². The third-order valence-corrected chi connectivity index (χ3v) is 9.74. The van der Waals surface area contributed by atoms with Gasteiger partial charge in [0.15, 0.2) is 0 Å². The van der Waals surface area contributed by atoms with Crippen LogP contribution in [0.4, 0.5) is 11.4 Å². The number of aromatic nitrogens is 1. The number of nitrogens with zero attached hydrogens (tertiary/aromatic N) is 2. The minimum atomic E-state index is -3.99. The molecule has 0 fully saturated rings. The standard InChI is InChI=1S/C34H40ClN5O6S/c1-6-22(2)38-34(42)24-7-13-30(32(20-24)46-5)39-33(41)15-17-40(47(43,44)27-11-9-26(45-4)10-12-27)18-16-36-31-19-23(3)37-29-14-8-25(35)21-28(29)31/h7-14,19-22H,6,15-18H2,1-5H3,(H,36,37)(H,38,42)(H,39,41). The molecule has 4 aromatic rings. The van der Waals surface area contributed by atoms with Crippen molar-refractivity contribution in [2.75, 3.05) is 44.5 Å². The second-order valence-corrected chi connectivity index (χ2v) is 13.3. The molecule has 1 unspecified atom stereocenters. The molecule has 2 amide bonds. The van der Waals surface area contributed by atoms with Crippen LogP contribution in [0.3, 0.4) is 0 Å². The Kier molecular flexibility index (Phi) is 12.0. The molecule has 0 saturated heterocycles. The van der Waals surface area contributed by atoms with Crippen molar-refractivity contribution in [2.24, 2.45) is 0 Å². The van der Waals surface area contributed by atoms with Gasteiger partial charge in [0.05, 0.1) is 30.3 Å². The quantitative estimate of drug-likeness (QED) is 0.142. The van der Waals surface area contributed by atoms with Crippen LogP contribution in [-0.2, 0) is 14.8 Å². The molecule has 47 heavy (non-hydrogen) atoms. The molecule has 0 bridgehead atoms. The van der Waals surface area contributed by atoms with Gasteiger partial charge < -0.3 is 25.4 Å². The van der Waals surface area contributed by atoms with Gasteiger partial charge in [-0.15, -0.1) is 0 Å². The minimum absolute atomic E-state index is 0.00637. The van der Waals surface area contributed by atoms with E-state index in [4.69, 9.17) is 21.1 Å². The van der Waals surface area contributed by atoms with E-state index in [0.717, 1.165) is 28.7 Å². The number of sulfonamides is 1. The molecule has 0 aliphatic rings. The van der Waals surface area contributed by atoms with Gasteiger partial charge in [-0.05, 0) is 87.0 Å². The summed E-state index contributed by atoms with van der Waals surface area (Å²) in [5.74, 6) is 0.157. The van der Waals surface area contributed by atoms with Gasteiger partial charge in [0.1, 0.15) is 11.5 Å². The van der Waals surface area contributed by atoms with E-state index in [1.54, 1.807) is 42.5 Å². The first-order chi connectivity index (χ1) is 22.4. The number of anilines is 2. The number of methoxy groups -OCH3 is 2. The van der Waals surface area contributed by atoms with Crippen LogP contribution >= 0.6 is 11.6 Å². The number of halogens is 1. The molecule has 0 spiro atoms. The maximum atomic E-state index is 13.8. The molecular weight excluding hydrogens is 642 g/mol. The van der Waals surface area contributed by atoms with Crippen molar-refractivity contribution >= 4 is 55.7 Å². The molecule has 1 heterocycles. The fraction of sp³-hybridized carbons (Fsp3) is 0.324. The Labute approximate surface area is 280 Å². The zero-order valence-electron chi connectivity index (χ0n) is 27.1. The smallest absolute Gasteiger partial charge is 0.251 e. The van der Waals surface area contributed by atoms with Gasteiger partial charge in [0, 0.05) is 59.5 Å². The highest BCUT2D eigenvalue weighted by molar-refractivity contribution is 7.89. The van der Waals surface area contributed by atoms with Crippen molar-refractivity contribution in [1.82, 2.24) is 14.6 Å². The number of aryl methyl sites for hydroxylation is 1. The third kappa shape index (κ3) is 9.12. The second-order valence-electron chi connectivity index (χ2n) is 11.0. The number of amides is 2. The molecule has 250 valence electrons. The molecule has 4 rings (SSSR count). The topological polar surface area (TPSA) is 139 Å². The molecule has 13 heteroatoms. The number of benzene rings is 3. The summed E-state index contributed by atoms with van der Waals surface area (Å²) in [6, 6.07) is 18.1. The zero-order valence-corrected chi connectivity index (χ0v) is 28.7. The number of fused-ring (bicyclic) bond motifs is 1. The number of carbonyl (C=O) groups is 2. The van der Waals surface area contributed by atoms with Gasteiger partial charge in [-0.1, -0.05) is 18.5 Å². The van der Waals surface area contributed by atoms with E-state index in [9.17, 15) is 18.0 Å². The number of pyridine rings is 1. The molecule has 0 aliphatic heterocycles. The highest BCUT2D eigenvalue weighted by atomic mass is 35.5. The maximum absolute atomic E-state index is 13.8. The van der Waals surface area contributed by atoms with E-state index in [2.05, 4.69) is 20.9 Å². The van der Waals surface area contributed by atoms with Crippen LogP contribution < -0.4 is 25.4 Å². The predicted molar refractivity (Wildman–Crippen MR) is 185 cm³/mol. The fourth-order valence-electron chi connectivity index (χ4n) is 4.82. The highest BCUT2D eigenvalue weighted by Gasteiger charge is 2.25. The van der Waals surface area contributed by atoms with Crippen LogP contribution in [0, 0.1) is 6.92 Å². The number of hydrogen-bond acceptors (Lipinski definition) is 8. The molecule has 0 saturated carbocycles. The van der Waals surface area contributed by atoms with Gasteiger partial charge in [0.2, 0.25) is 15.9 Å². The Hall–Kier alpha value is -4.39. The lowest BCUT2D eigenvalue weighted by molar-refractivity contribution is -0.116. The van der Waals surface area contributed by atoms with Crippen molar-refractivity contribution in [3.63, 3.8) is 0 Å². The summed E-state index contributed by atoms with van der Waals surface area (Å²) in [5.41, 5.74) is 3.08. The normalized spacial score (nSPS) is 12.1. The summed E-state index contributed by atoms with van der Waals surface area (Å²) < 4.78 is 39.5. The van der Waals surface area contributed by atoms with Crippen LogP contribution in [0.25, 0.3) is 10.9 Å².